The Morgan fingerprint density at radius 2 is 2.05 bits per heavy atom. The molecule has 0 aromatic heterocycles. The Labute approximate surface area is 119 Å². The molecule has 2 rings (SSSR count). The highest BCUT2D eigenvalue weighted by atomic mass is 35.5. The highest BCUT2D eigenvalue weighted by Gasteiger charge is 2.29. The van der Waals surface area contributed by atoms with Crippen molar-refractivity contribution in [3.8, 4) is 11.5 Å². The molecule has 1 aromatic rings. The van der Waals surface area contributed by atoms with Crippen LogP contribution in [0.2, 0.25) is 5.02 Å². The van der Waals surface area contributed by atoms with Gasteiger partial charge in [-0.3, -0.25) is 0 Å². The van der Waals surface area contributed by atoms with Gasteiger partial charge in [0.15, 0.2) is 0 Å². The summed E-state index contributed by atoms with van der Waals surface area (Å²) in [6.07, 6.45) is 4.21. The van der Waals surface area contributed by atoms with Gasteiger partial charge < -0.3 is 10.2 Å². The van der Waals surface area contributed by atoms with Crippen LogP contribution in [0, 0.1) is 5.92 Å². The Kier molecular flexibility index (Phi) is 3.91. The van der Waals surface area contributed by atoms with Crippen LogP contribution in [-0.2, 0) is 0 Å². The van der Waals surface area contributed by atoms with E-state index in [-0.39, 0.29) is 23.3 Å². The van der Waals surface area contributed by atoms with Crippen LogP contribution >= 0.6 is 11.6 Å². The maximum Gasteiger partial charge on any atom is 0.124 e. The van der Waals surface area contributed by atoms with Gasteiger partial charge in [-0.1, -0.05) is 35.4 Å². The van der Waals surface area contributed by atoms with E-state index >= 15 is 0 Å². The summed E-state index contributed by atoms with van der Waals surface area (Å²) < 4.78 is 0. The van der Waals surface area contributed by atoms with Gasteiger partial charge in [0.25, 0.3) is 0 Å². The van der Waals surface area contributed by atoms with Gasteiger partial charge in [0.2, 0.25) is 0 Å². The van der Waals surface area contributed by atoms with E-state index in [9.17, 15) is 10.2 Å². The molecule has 2 unspecified atom stereocenters. The predicted molar refractivity (Wildman–Crippen MR) is 78.8 cm³/mol. The Morgan fingerprint density at radius 1 is 1.37 bits per heavy atom. The van der Waals surface area contributed by atoms with E-state index in [1.54, 1.807) is 0 Å². The number of phenols is 2. The van der Waals surface area contributed by atoms with E-state index in [1.807, 2.05) is 6.92 Å². The molecule has 0 spiro atoms. The SMILES string of the molecule is C=C(C)C1CCC(C)=CC1c1c(O)cc(O)cc1Cl. The smallest absolute Gasteiger partial charge is 0.124 e. The number of halogens is 1. The summed E-state index contributed by atoms with van der Waals surface area (Å²) >= 11 is 6.21. The Morgan fingerprint density at radius 3 is 2.63 bits per heavy atom. The number of benzene rings is 1. The van der Waals surface area contributed by atoms with Crippen LogP contribution in [0.4, 0.5) is 0 Å². The zero-order valence-electron chi connectivity index (χ0n) is 11.3. The third-order valence-corrected chi connectivity index (χ3v) is 4.12. The quantitative estimate of drug-likeness (QED) is 0.765. The van der Waals surface area contributed by atoms with Crippen LogP contribution in [-0.4, -0.2) is 10.2 Å². The summed E-state index contributed by atoms with van der Waals surface area (Å²) in [5.74, 6) is 0.331. The standard InChI is InChI=1S/C16H19ClO2/c1-9(2)12-5-4-10(3)6-13(12)16-14(17)7-11(18)8-15(16)19/h6-8,12-13,18-19H,1,4-5H2,2-3H3. The Bertz CT molecular complexity index is 523. The average Bonchev–Trinajstić information content (AvgIpc) is 2.27. The molecule has 1 aliphatic rings. The third-order valence-electron chi connectivity index (χ3n) is 3.81. The first-order chi connectivity index (χ1) is 8.90. The number of aromatic hydroxyl groups is 2. The molecule has 0 saturated carbocycles. The second kappa shape index (κ2) is 5.30. The molecule has 0 heterocycles. The normalized spacial score (nSPS) is 23.0. The lowest BCUT2D eigenvalue weighted by Crippen LogP contribution is -2.17. The minimum atomic E-state index is -0.0189. The Hall–Kier alpha value is -1.41. The maximum absolute atomic E-state index is 10.1. The van der Waals surface area contributed by atoms with Crippen LogP contribution < -0.4 is 0 Å². The molecule has 2 N–H and O–H groups in total. The molecule has 0 fully saturated rings. The molecule has 1 aromatic carbocycles. The summed E-state index contributed by atoms with van der Waals surface area (Å²) in [6.45, 7) is 8.15. The van der Waals surface area contributed by atoms with Crippen LogP contribution in [0.25, 0.3) is 0 Å². The van der Waals surface area contributed by atoms with Gasteiger partial charge in [-0.2, -0.15) is 0 Å². The third kappa shape index (κ3) is 2.79. The van der Waals surface area contributed by atoms with Crippen molar-refractivity contribution in [1.29, 1.82) is 0 Å². The van der Waals surface area contributed by atoms with Crippen molar-refractivity contribution in [2.75, 3.05) is 0 Å². The summed E-state index contributed by atoms with van der Waals surface area (Å²) in [5, 5.41) is 20.0. The number of allylic oxidation sites excluding steroid dienone is 3. The van der Waals surface area contributed by atoms with E-state index in [0.29, 0.717) is 10.6 Å². The second-order valence-electron chi connectivity index (χ2n) is 5.39. The van der Waals surface area contributed by atoms with Gasteiger partial charge in [0.1, 0.15) is 11.5 Å². The van der Waals surface area contributed by atoms with E-state index in [2.05, 4.69) is 19.6 Å². The fraction of sp³-hybridized carbons (Fsp3) is 0.375. The van der Waals surface area contributed by atoms with Gasteiger partial charge in [-0.05, 0) is 38.7 Å². The fourth-order valence-corrected chi connectivity index (χ4v) is 3.16. The molecule has 0 aliphatic heterocycles. The second-order valence-corrected chi connectivity index (χ2v) is 5.80. The van der Waals surface area contributed by atoms with Gasteiger partial charge in [-0.15, -0.1) is 0 Å². The van der Waals surface area contributed by atoms with Crippen molar-refractivity contribution in [3.05, 3.63) is 46.5 Å². The Balaban J connectivity index is 2.54. The highest BCUT2D eigenvalue weighted by molar-refractivity contribution is 6.31. The van der Waals surface area contributed by atoms with Crippen molar-refractivity contribution in [3.63, 3.8) is 0 Å². The first kappa shape index (κ1) is 14.0. The molecule has 3 heteroatoms. The van der Waals surface area contributed by atoms with Crippen LogP contribution in [0.3, 0.4) is 0 Å². The summed E-state index contributed by atoms with van der Waals surface area (Å²) in [4.78, 5) is 0. The molecule has 0 radical (unpaired) electrons. The molecule has 1 aliphatic carbocycles. The maximum atomic E-state index is 10.1. The molecule has 0 saturated heterocycles. The fourth-order valence-electron chi connectivity index (χ4n) is 2.83. The number of hydrogen-bond donors (Lipinski definition) is 2. The zero-order valence-corrected chi connectivity index (χ0v) is 12.0. The minimum Gasteiger partial charge on any atom is -0.508 e. The van der Waals surface area contributed by atoms with Gasteiger partial charge in [0, 0.05) is 17.5 Å². The molecular weight excluding hydrogens is 260 g/mol. The van der Waals surface area contributed by atoms with E-state index in [0.717, 1.165) is 18.4 Å². The molecule has 2 nitrogen and oxygen atoms in total. The van der Waals surface area contributed by atoms with Crippen LogP contribution in [0.15, 0.2) is 35.9 Å². The van der Waals surface area contributed by atoms with E-state index in [4.69, 9.17) is 11.6 Å². The molecule has 19 heavy (non-hydrogen) atoms. The number of rotatable bonds is 2. The van der Waals surface area contributed by atoms with Crippen LogP contribution in [0.5, 0.6) is 11.5 Å². The minimum absolute atomic E-state index is 0.0189. The van der Waals surface area contributed by atoms with Gasteiger partial charge in [-0.25, -0.2) is 0 Å². The predicted octanol–water partition coefficient (Wildman–Crippen LogP) is 4.77. The largest absolute Gasteiger partial charge is 0.508 e. The molecule has 2 atom stereocenters. The summed E-state index contributed by atoms with van der Waals surface area (Å²) in [7, 11) is 0. The summed E-state index contributed by atoms with van der Waals surface area (Å²) in [5.41, 5.74) is 3.08. The van der Waals surface area contributed by atoms with Crippen molar-refractivity contribution < 1.29 is 10.2 Å². The monoisotopic (exact) mass is 278 g/mol. The van der Waals surface area contributed by atoms with Crippen molar-refractivity contribution in [1.82, 2.24) is 0 Å². The molecular formula is C16H19ClO2. The number of hydrogen-bond acceptors (Lipinski definition) is 2. The molecule has 102 valence electrons. The first-order valence-corrected chi connectivity index (χ1v) is 6.82. The van der Waals surface area contributed by atoms with E-state index < -0.39 is 0 Å². The highest BCUT2D eigenvalue weighted by Crippen LogP contribution is 2.46. The average molecular weight is 279 g/mol. The van der Waals surface area contributed by atoms with Crippen molar-refractivity contribution >= 4 is 11.6 Å². The lowest BCUT2D eigenvalue weighted by molar-refractivity contribution is 0.426. The zero-order chi connectivity index (χ0) is 14.2. The molecule has 0 amide bonds. The van der Waals surface area contributed by atoms with Crippen molar-refractivity contribution in [2.45, 2.75) is 32.6 Å². The first-order valence-electron chi connectivity index (χ1n) is 6.44. The van der Waals surface area contributed by atoms with Crippen molar-refractivity contribution in [2.24, 2.45) is 5.92 Å². The van der Waals surface area contributed by atoms with Gasteiger partial charge >= 0.3 is 0 Å². The topological polar surface area (TPSA) is 40.5 Å². The van der Waals surface area contributed by atoms with Gasteiger partial charge in [0.05, 0.1) is 5.02 Å². The lowest BCUT2D eigenvalue weighted by Gasteiger charge is -2.31. The molecule has 0 bridgehead atoms. The number of phenolic OH excluding ortho intramolecular Hbond substituents is 2. The van der Waals surface area contributed by atoms with E-state index in [1.165, 1.54) is 17.7 Å². The lowest BCUT2D eigenvalue weighted by atomic mass is 9.74. The summed E-state index contributed by atoms with van der Waals surface area (Å²) in [6, 6.07) is 2.82. The van der Waals surface area contributed by atoms with Crippen LogP contribution in [0.1, 0.15) is 38.2 Å².